The Balaban J connectivity index is 0.000000173. The number of aryl methyl sites for hydroxylation is 2. The summed E-state index contributed by atoms with van der Waals surface area (Å²) in [6, 6.07) is 5.93. The molecule has 3 aromatic rings. The van der Waals surface area contributed by atoms with Crippen molar-refractivity contribution in [1.29, 1.82) is 0 Å². The molecule has 0 aliphatic carbocycles. The molecule has 0 spiro atoms. The molecule has 1 aliphatic rings. The monoisotopic (exact) mass is 335 g/mol. The van der Waals surface area contributed by atoms with Crippen molar-refractivity contribution in [3.63, 3.8) is 0 Å². The van der Waals surface area contributed by atoms with Gasteiger partial charge in [-0.15, -0.1) is 11.3 Å². The maximum Gasteiger partial charge on any atom is 0.177 e. The molecule has 0 atom stereocenters. The summed E-state index contributed by atoms with van der Waals surface area (Å²) < 4.78 is 8.11. The topological polar surface area (TPSA) is 34.2 Å². The van der Waals surface area contributed by atoms with E-state index in [-0.39, 0.29) is 7.43 Å². The summed E-state index contributed by atoms with van der Waals surface area (Å²) >= 11 is 1.66. The highest BCUT2D eigenvalue weighted by Crippen LogP contribution is 2.22. The predicted molar refractivity (Wildman–Crippen MR) is 100 cm³/mol. The van der Waals surface area contributed by atoms with Crippen molar-refractivity contribution in [3.8, 4) is 0 Å². The maximum atomic E-state index is 4.95. The lowest BCUT2D eigenvalue weighted by molar-refractivity contribution is 0.277. The minimum Gasteiger partial charge on any atom is -0.357 e. The zero-order chi connectivity index (χ0) is 15.8. The minimum absolute atomic E-state index is 0. The van der Waals surface area contributed by atoms with Crippen LogP contribution in [0.2, 0.25) is 0 Å². The first-order valence-corrected chi connectivity index (χ1v) is 8.60. The molecule has 5 heteroatoms. The van der Waals surface area contributed by atoms with E-state index in [0.717, 1.165) is 16.0 Å². The molecule has 0 saturated carbocycles. The molecule has 128 valence electrons. The molecule has 4 rings (SSSR count). The van der Waals surface area contributed by atoms with Crippen molar-refractivity contribution >= 4 is 21.6 Å². The second-order valence-corrected chi connectivity index (χ2v) is 6.51. The van der Waals surface area contributed by atoms with Crippen LogP contribution >= 0.6 is 11.3 Å². The molecule has 0 unspecified atom stereocenters. The maximum absolute atomic E-state index is 4.95. The summed E-state index contributed by atoms with van der Waals surface area (Å²) in [6.45, 7) is 4.59. The van der Waals surface area contributed by atoms with E-state index in [0.29, 0.717) is 0 Å². The highest BCUT2D eigenvalue weighted by atomic mass is 32.1. The molecule has 1 aliphatic heterocycles. The molecule has 1 saturated heterocycles. The Labute approximate surface area is 143 Å². The molecule has 0 N–H and O–H groups in total. The second-order valence-electron chi connectivity index (χ2n) is 5.59. The van der Waals surface area contributed by atoms with Crippen molar-refractivity contribution < 1.29 is 4.52 Å². The molecular weight excluding hydrogens is 306 g/mol. The van der Waals surface area contributed by atoms with Crippen LogP contribution in [0.25, 0.3) is 10.3 Å². The highest BCUT2D eigenvalue weighted by Gasteiger charge is 2.02. The van der Waals surface area contributed by atoms with E-state index >= 15 is 0 Å². The summed E-state index contributed by atoms with van der Waals surface area (Å²) in [7, 11) is 4.19. The van der Waals surface area contributed by atoms with Gasteiger partial charge in [-0.05, 0) is 63.5 Å². The van der Waals surface area contributed by atoms with Crippen molar-refractivity contribution in [3.05, 3.63) is 41.7 Å². The fourth-order valence-electron chi connectivity index (χ4n) is 2.26. The Hall–Kier alpha value is -1.59. The van der Waals surface area contributed by atoms with Crippen LogP contribution in [-0.2, 0) is 7.05 Å². The van der Waals surface area contributed by atoms with E-state index in [9.17, 15) is 0 Å². The largest absolute Gasteiger partial charge is 0.357 e. The molecule has 0 amide bonds. The summed E-state index contributed by atoms with van der Waals surface area (Å²) in [4.78, 5) is 2.39. The molecule has 23 heavy (non-hydrogen) atoms. The summed E-state index contributed by atoms with van der Waals surface area (Å²) in [5, 5.41) is 5.79. The fraction of sp³-hybridized carbons (Fsp3) is 0.500. The van der Waals surface area contributed by atoms with Crippen LogP contribution in [0.15, 0.2) is 40.5 Å². The molecule has 0 bridgehead atoms. The van der Waals surface area contributed by atoms with Gasteiger partial charge in [0.25, 0.3) is 0 Å². The number of hydrogen-bond acceptors (Lipinski definition) is 4. The summed E-state index contributed by atoms with van der Waals surface area (Å²) in [5.41, 5.74) is 1.89. The standard InChI is InChI=1S/C6H5NOS.C6H13N.C5H7N.CH4/c1-4-6-5(8-7-4)2-3-9-6;1-7-5-3-2-4-6-7;1-6-4-2-3-5-6;/h2-3H,1H3;2-6H2,1H3;2-5H,1H3;1H4. The number of thiophene rings is 1. The van der Waals surface area contributed by atoms with Gasteiger partial charge < -0.3 is 14.0 Å². The highest BCUT2D eigenvalue weighted by molar-refractivity contribution is 7.17. The first-order valence-electron chi connectivity index (χ1n) is 7.72. The van der Waals surface area contributed by atoms with E-state index in [2.05, 4.69) is 17.1 Å². The van der Waals surface area contributed by atoms with Gasteiger partial charge in [0, 0.05) is 19.4 Å². The third-order valence-electron chi connectivity index (χ3n) is 3.57. The zero-order valence-corrected chi connectivity index (χ0v) is 14.5. The quantitative estimate of drug-likeness (QED) is 0.582. The van der Waals surface area contributed by atoms with Crippen LogP contribution < -0.4 is 0 Å². The van der Waals surface area contributed by atoms with Gasteiger partial charge in [-0.25, -0.2) is 0 Å². The van der Waals surface area contributed by atoms with Gasteiger partial charge in [-0.1, -0.05) is 19.0 Å². The smallest absolute Gasteiger partial charge is 0.177 e. The van der Waals surface area contributed by atoms with Crippen molar-refractivity contribution in [1.82, 2.24) is 14.6 Å². The van der Waals surface area contributed by atoms with Crippen LogP contribution in [0.4, 0.5) is 0 Å². The normalized spacial score (nSPS) is 14.2. The minimum atomic E-state index is 0. The van der Waals surface area contributed by atoms with Gasteiger partial charge in [0.2, 0.25) is 0 Å². The fourth-order valence-corrected chi connectivity index (χ4v) is 3.02. The van der Waals surface area contributed by atoms with Crippen molar-refractivity contribution in [2.75, 3.05) is 20.1 Å². The lowest BCUT2D eigenvalue weighted by Gasteiger charge is -2.20. The van der Waals surface area contributed by atoms with E-state index < -0.39 is 0 Å². The van der Waals surface area contributed by atoms with E-state index in [1.165, 1.54) is 32.4 Å². The van der Waals surface area contributed by atoms with Gasteiger partial charge in [-0.3, -0.25) is 0 Å². The summed E-state index contributed by atoms with van der Waals surface area (Å²) in [5.74, 6) is 0. The molecule has 4 nitrogen and oxygen atoms in total. The first kappa shape index (κ1) is 19.5. The van der Waals surface area contributed by atoms with Crippen molar-refractivity contribution in [2.24, 2.45) is 7.05 Å². The molecule has 3 aromatic heterocycles. The average Bonchev–Trinajstić information content (AvgIpc) is 3.23. The van der Waals surface area contributed by atoms with E-state index in [1.807, 2.05) is 54.5 Å². The number of aromatic nitrogens is 2. The number of fused-ring (bicyclic) bond motifs is 1. The molecular formula is C18H29N3OS. The number of nitrogens with zero attached hydrogens (tertiary/aromatic N) is 3. The Bertz CT molecular complexity index is 636. The Morgan fingerprint density at radius 2 is 1.74 bits per heavy atom. The van der Waals surface area contributed by atoms with Gasteiger partial charge in [-0.2, -0.15) is 0 Å². The zero-order valence-electron chi connectivity index (χ0n) is 13.7. The van der Waals surface area contributed by atoms with Crippen LogP contribution in [0, 0.1) is 6.92 Å². The third-order valence-corrected chi connectivity index (χ3v) is 4.58. The van der Waals surface area contributed by atoms with Crippen molar-refractivity contribution in [2.45, 2.75) is 33.6 Å². The number of likely N-dealkylation sites (tertiary alicyclic amines) is 1. The Morgan fingerprint density at radius 3 is 2.17 bits per heavy atom. The number of hydrogen-bond donors (Lipinski definition) is 0. The first-order chi connectivity index (χ1) is 10.7. The van der Waals surface area contributed by atoms with Gasteiger partial charge >= 0.3 is 0 Å². The van der Waals surface area contributed by atoms with Crippen LogP contribution in [0.1, 0.15) is 32.4 Å². The van der Waals surface area contributed by atoms with Gasteiger partial charge in [0.15, 0.2) is 5.58 Å². The van der Waals surface area contributed by atoms with Crippen LogP contribution in [0.3, 0.4) is 0 Å². The molecule has 0 radical (unpaired) electrons. The lowest BCUT2D eigenvalue weighted by atomic mass is 10.1. The summed E-state index contributed by atoms with van der Waals surface area (Å²) in [6.07, 6.45) is 8.28. The van der Waals surface area contributed by atoms with E-state index in [1.54, 1.807) is 11.3 Å². The van der Waals surface area contributed by atoms with Crippen LogP contribution in [-0.4, -0.2) is 34.8 Å². The van der Waals surface area contributed by atoms with E-state index in [4.69, 9.17) is 4.52 Å². The molecule has 0 aromatic carbocycles. The average molecular weight is 336 g/mol. The van der Waals surface area contributed by atoms with Gasteiger partial charge in [0.1, 0.15) is 0 Å². The predicted octanol–water partition coefficient (Wildman–Crippen LogP) is 4.96. The third kappa shape index (κ3) is 6.59. The lowest BCUT2D eigenvalue weighted by Crippen LogP contribution is -2.24. The number of piperidine rings is 1. The van der Waals surface area contributed by atoms with Crippen LogP contribution in [0.5, 0.6) is 0 Å². The molecule has 4 heterocycles. The second kappa shape index (κ2) is 10.2. The SMILES string of the molecule is C.CN1CCCCC1.Cc1noc2ccsc12.Cn1cccc1. The molecule has 1 fully saturated rings. The number of rotatable bonds is 0. The Morgan fingerprint density at radius 1 is 1.09 bits per heavy atom. The Kier molecular flexibility index (Phi) is 8.66. The van der Waals surface area contributed by atoms with Gasteiger partial charge in [0.05, 0.1) is 10.4 Å².